The zero-order chi connectivity index (χ0) is 15.1. The lowest BCUT2D eigenvalue weighted by Crippen LogP contribution is -2.33. The molecule has 1 aliphatic rings. The van der Waals surface area contributed by atoms with Crippen molar-refractivity contribution in [2.75, 3.05) is 24.5 Å². The number of piperidine rings is 1. The number of hydrogen-bond donors (Lipinski definition) is 2. The number of amides is 1. The van der Waals surface area contributed by atoms with E-state index in [1.54, 1.807) is 0 Å². The molecule has 3 N–H and O–H groups in total. The average molecular weight is 290 g/mol. The first-order valence-corrected chi connectivity index (χ1v) is 7.85. The molecule has 1 fully saturated rings. The molecule has 2 heterocycles. The minimum Gasteiger partial charge on any atom is -0.357 e. The molecule has 116 valence electrons. The summed E-state index contributed by atoms with van der Waals surface area (Å²) in [7, 11) is 0. The van der Waals surface area contributed by atoms with Crippen molar-refractivity contribution in [2.24, 2.45) is 11.7 Å². The fourth-order valence-electron chi connectivity index (χ4n) is 2.50. The minimum absolute atomic E-state index is 0.0505. The van der Waals surface area contributed by atoms with Crippen molar-refractivity contribution < 1.29 is 4.79 Å². The maximum absolute atomic E-state index is 11.5. The van der Waals surface area contributed by atoms with E-state index in [1.807, 2.05) is 12.3 Å². The van der Waals surface area contributed by atoms with E-state index in [-0.39, 0.29) is 5.91 Å². The predicted molar refractivity (Wildman–Crippen MR) is 85.0 cm³/mol. The van der Waals surface area contributed by atoms with Crippen molar-refractivity contribution in [1.82, 2.24) is 10.3 Å². The number of hydrogen-bond acceptors (Lipinski definition) is 4. The van der Waals surface area contributed by atoms with Gasteiger partial charge in [-0.05, 0) is 43.4 Å². The Kier molecular flexibility index (Phi) is 5.99. The molecule has 5 heteroatoms. The summed E-state index contributed by atoms with van der Waals surface area (Å²) in [6, 6.07) is 4.10. The Balaban J connectivity index is 1.80. The highest BCUT2D eigenvalue weighted by atomic mass is 16.1. The number of anilines is 1. The molecule has 0 spiro atoms. The standard InChI is InChI=1S/C16H26N4O/c1-13-6-9-20(10-7-13)15-5-4-14(11-18-15)12-19-16(21)3-2-8-17/h4-5,11,13H,2-3,6-10,12,17H2,1H3,(H,19,21). The van der Waals surface area contributed by atoms with E-state index in [0.717, 1.165) is 36.8 Å². The van der Waals surface area contributed by atoms with E-state index in [0.29, 0.717) is 19.5 Å². The van der Waals surface area contributed by atoms with Gasteiger partial charge in [0.05, 0.1) is 0 Å². The van der Waals surface area contributed by atoms with Gasteiger partial charge in [0.1, 0.15) is 5.82 Å². The van der Waals surface area contributed by atoms with Gasteiger partial charge in [-0.15, -0.1) is 0 Å². The molecule has 0 radical (unpaired) electrons. The molecule has 2 rings (SSSR count). The third-order valence-electron chi connectivity index (χ3n) is 4.01. The smallest absolute Gasteiger partial charge is 0.220 e. The Hall–Kier alpha value is -1.62. The van der Waals surface area contributed by atoms with E-state index in [2.05, 4.69) is 28.2 Å². The van der Waals surface area contributed by atoms with Crippen molar-refractivity contribution in [2.45, 2.75) is 39.2 Å². The van der Waals surface area contributed by atoms with Crippen molar-refractivity contribution in [1.29, 1.82) is 0 Å². The Morgan fingerprint density at radius 3 is 2.81 bits per heavy atom. The monoisotopic (exact) mass is 290 g/mol. The first-order valence-electron chi connectivity index (χ1n) is 7.85. The normalized spacial score (nSPS) is 16.0. The van der Waals surface area contributed by atoms with Crippen LogP contribution in [0.1, 0.15) is 38.2 Å². The number of aromatic nitrogens is 1. The second kappa shape index (κ2) is 7.98. The average Bonchev–Trinajstić information content (AvgIpc) is 2.52. The second-order valence-corrected chi connectivity index (χ2v) is 5.86. The summed E-state index contributed by atoms with van der Waals surface area (Å²) in [6.45, 7) is 5.57. The predicted octanol–water partition coefficient (Wildman–Crippen LogP) is 1.67. The van der Waals surface area contributed by atoms with Gasteiger partial charge in [-0.2, -0.15) is 0 Å². The quantitative estimate of drug-likeness (QED) is 0.836. The highest BCUT2D eigenvalue weighted by molar-refractivity contribution is 5.75. The van der Waals surface area contributed by atoms with Gasteiger partial charge in [-0.3, -0.25) is 4.79 Å². The van der Waals surface area contributed by atoms with Gasteiger partial charge >= 0.3 is 0 Å². The Labute approximate surface area is 126 Å². The third kappa shape index (κ3) is 5.01. The molecule has 1 amide bonds. The summed E-state index contributed by atoms with van der Waals surface area (Å²) >= 11 is 0. The molecule has 1 aliphatic heterocycles. The number of carbonyl (C=O) groups is 1. The van der Waals surface area contributed by atoms with Crippen LogP contribution in [-0.2, 0) is 11.3 Å². The van der Waals surface area contributed by atoms with Gasteiger partial charge in [0.25, 0.3) is 0 Å². The van der Waals surface area contributed by atoms with Gasteiger partial charge in [-0.25, -0.2) is 4.98 Å². The SMILES string of the molecule is CC1CCN(c2ccc(CNC(=O)CCCN)cn2)CC1. The van der Waals surface area contributed by atoms with Crippen LogP contribution in [-0.4, -0.2) is 30.5 Å². The van der Waals surface area contributed by atoms with Crippen LogP contribution >= 0.6 is 0 Å². The lowest BCUT2D eigenvalue weighted by atomic mass is 9.99. The summed E-state index contributed by atoms with van der Waals surface area (Å²) in [5.41, 5.74) is 6.42. The van der Waals surface area contributed by atoms with Crippen LogP contribution in [0.4, 0.5) is 5.82 Å². The van der Waals surface area contributed by atoms with Crippen LogP contribution in [0.2, 0.25) is 0 Å². The molecule has 21 heavy (non-hydrogen) atoms. The van der Waals surface area contributed by atoms with Gasteiger partial charge in [-0.1, -0.05) is 13.0 Å². The van der Waals surface area contributed by atoms with E-state index in [4.69, 9.17) is 5.73 Å². The second-order valence-electron chi connectivity index (χ2n) is 5.86. The summed E-state index contributed by atoms with van der Waals surface area (Å²) in [6.07, 6.45) is 5.56. The molecule has 0 saturated carbocycles. The molecule has 0 bridgehead atoms. The maximum atomic E-state index is 11.5. The van der Waals surface area contributed by atoms with Gasteiger partial charge in [0, 0.05) is 32.3 Å². The molecule has 0 aromatic carbocycles. The number of pyridine rings is 1. The number of nitrogens with two attached hydrogens (primary N) is 1. The number of nitrogens with zero attached hydrogens (tertiary/aromatic N) is 2. The first kappa shape index (κ1) is 15.8. The van der Waals surface area contributed by atoms with Gasteiger partial charge in [0.15, 0.2) is 0 Å². The maximum Gasteiger partial charge on any atom is 0.220 e. The first-order chi connectivity index (χ1) is 10.2. The topological polar surface area (TPSA) is 71.2 Å². The third-order valence-corrected chi connectivity index (χ3v) is 4.01. The van der Waals surface area contributed by atoms with E-state index in [1.165, 1.54) is 12.8 Å². The van der Waals surface area contributed by atoms with Crippen LogP contribution in [0.25, 0.3) is 0 Å². The summed E-state index contributed by atoms with van der Waals surface area (Å²) in [4.78, 5) is 18.4. The summed E-state index contributed by atoms with van der Waals surface area (Å²) in [5, 5.41) is 2.89. The molecule has 0 aliphatic carbocycles. The van der Waals surface area contributed by atoms with Crippen LogP contribution in [0, 0.1) is 5.92 Å². The molecule has 0 atom stereocenters. The van der Waals surface area contributed by atoms with Crippen LogP contribution in [0.15, 0.2) is 18.3 Å². The lowest BCUT2D eigenvalue weighted by Gasteiger charge is -2.31. The Bertz CT molecular complexity index is 438. The largest absolute Gasteiger partial charge is 0.357 e. The minimum atomic E-state index is 0.0505. The van der Waals surface area contributed by atoms with Gasteiger partial charge in [0.2, 0.25) is 5.91 Å². The van der Waals surface area contributed by atoms with Crippen molar-refractivity contribution >= 4 is 11.7 Å². The van der Waals surface area contributed by atoms with Crippen molar-refractivity contribution in [3.05, 3.63) is 23.9 Å². The Morgan fingerprint density at radius 1 is 1.43 bits per heavy atom. The van der Waals surface area contributed by atoms with E-state index < -0.39 is 0 Å². The van der Waals surface area contributed by atoms with Crippen molar-refractivity contribution in [3.8, 4) is 0 Å². The van der Waals surface area contributed by atoms with E-state index in [9.17, 15) is 4.79 Å². The number of nitrogens with one attached hydrogen (secondary N) is 1. The molecule has 5 nitrogen and oxygen atoms in total. The molecule has 0 unspecified atom stereocenters. The molecular weight excluding hydrogens is 264 g/mol. The molecular formula is C16H26N4O. The zero-order valence-electron chi connectivity index (χ0n) is 12.8. The molecule has 1 aromatic rings. The number of carbonyl (C=O) groups excluding carboxylic acids is 1. The number of rotatable bonds is 6. The summed E-state index contributed by atoms with van der Waals surface area (Å²) in [5.74, 6) is 1.92. The highest BCUT2D eigenvalue weighted by Crippen LogP contribution is 2.21. The van der Waals surface area contributed by atoms with Crippen molar-refractivity contribution in [3.63, 3.8) is 0 Å². The van der Waals surface area contributed by atoms with Gasteiger partial charge < -0.3 is 16.0 Å². The fraction of sp³-hybridized carbons (Fsp3) is 0.625. The summed E-state index contributed by atoms with van der Waals surface area (Å²) < 4.78 is 0. The fourth-order valence-corrected chi connectivity index (χ4v) is 2.50. The van der Waals surface area contributed by atoms with Crippen LogP contribution in [0.3, 0.4) is 0 Å². The Morgan fingerprint density at radius 2 is 2.19 bits per heavy atom. The lowest BCUT2D eigenvalue weighted by molar-refractivity contribution is -0.121. The highest BCUT2D eigenvalue weighted by Gasteiger charge is 2.16. The zero-order valence-corrected chi connectivity index (χ0v) is 12.8. The molecule has 1 saturated heterocycles. The van der Waals surface area contributed by atoms with Crippen LogP contribution < -0.4 is 16.0 Å². The molecule has 1 aromatic heterocycles. The van der Waals surface area contributed by atoms with Crippen LogP contribution in [0.5, 0.6) is 0 Å². The van der Waals surface area contributed by atoms with E-state index >= 15 is 0 Å².